The highest BCUT2D eigenvalue weighted by Gasteiger charge is 2.19. The van der Waals surface area contributed by atoms with Gasteiger partial charge in [-0.1, -0.05) is 17.7 Å². The van der Waals surface area contributed by atoms with E-state index in [1.165, 1.54) is 31.2 Å². The minimum Gasteiger partial charge on any atom is -0.454 e. The number of aryl methyl sites for hydroxylation is 1. The number of primary amides is 1. The molecule has 0 aromatic heterocycles. The predicted molar refractivity (Wildman–Crippen MR) is 103 cm³/mol. The van der Waals surface area contributed by atoms with Crippen LogP contribution >= 0.6 is 0 Å². The molecule has 8 nitrogen and oxygen atoms in total. The van der Waals surface area contributed by atoms with Crippen molar-refractivity contribution in [3.63, 3.8) is 0 Å². The second kappa shape index (κ2) is 9.31. The summed E-state index contributed by atoms with van der Waals surface area (Å²) in [5.74, 6) is -2.28. The fourth-order valence-electron chi connectivity index (χ4n) is 2.30. The molecule has 0 aliphatic rings. The van der Waals surface area contributed by atoms with E-state index in [-0.39, 0.29) is 0 Å². The van der Waals surface area contributed by atoms with Crippen LogP contribution in [-0.2, 0) is 14.3 Å². The zero-order valence-electron chi connectivity index (χ0n) is 15.5. The van der Waals surface area contributed by atoms with Crippen LogP contribution in [-0.4, -0.2) is 36.3 Å². The standard InChI is InChI=1S/C20H21N3O5/c1-12-4-3-5-15(10-12)19(26)22-13(2)20(27)28-11-17(24)23-16-8-6-14(7-9-16)18(21)25/h3-10,13H,11H2,1-2H3,(H2,21,25)(H,22,26)(H,23,24)/t13-/m0/s1. The lowest BCUT2D eigenvalue weighted by atomic mass is 10.1. The van der Waals surface area contributed by atoms with E-state index in [0.717, 1.165) is 5.56 Å². The third-order valence-electron chi connectivity index (χ3n) is 3.78. The molecule has 146 valence electrons. The van der Waals surface area contributed by atoms with Gasteiger partial charge in [-0.25, -0.2) is 4.79 Å². The van der Waals surface area contributed by atoms with Crippen LogP contribution in [0.1, 0.15) is 33.2 Å². The lowest BCUT2D eigenvalue weighted by Crippen LogP contribution is -2.40. The molecule has 2 aromatic rings. The average Bonchev–Trinajstić information content (AvgIpc) is 2.66. The van der Waals surface area contributed by atoms with Gasteiger partial charge in [0.25, 0.3) is 11.8 Å². The number of esters is 1. The molecule has 2 rings (SSSR count). The average molecular weight is 383 g/mol. The summed E-state index contributed by atoms with van der Waals surface area (Å²) >= 11 is 0. The number of amides is 3. The van der Waals surface area contributed by atoms with Gasteiger partial charge in [0.15, 0.2) is 6.61 Å². The molecule has 0 fully saturated rings. The molecule has 3 amide bonds. The summed E-state index contributed by atoms with van der Waals surface area (Å²) < 4.78 is 4.92. The van der Waals surface area contributed by atoms with Crippen molar-refractivity contribution in [1.82, 2.24) is 5.32 Å². The van der Waals surface area contributed by atoms with Crippen LogP contribution in [0.15, 0.2) is 48.5 Å². The number of nitrogens with two attached hydrogens (primary N) is 1. The third-order valence-corrected chi connectivity index (χ3v) is 3.78. The summed E-state index contributed by atoms with van der Waals surface area (Å²) in [6, 6.07) is 12.0. The molecule has 28 heavy (non-hydrogen) atoms. The van der Waals surface area contributed by atoms with Gasteiger partial charge < -0.3 is 21.1 Å². The van der Waals surface area contributed by atoms with Gasteiger partial charge in [-0.15, -0.1) is 0 Å². The lowest BCUT2D eigenvalue weighted by Gasteiger charge is -2.13. The largest absolute Gasteiger partial charge is 0.454 e. The molecule has 0 radical (unpaired) electrons. The minimum absolute atomic E-state index is 0.308. The quantitative estimate of drug-likeness (QED) is 0.623. The Bertz CT molecular complexity index is 893. The van der Waals surface area contributed by atoms with E-state index in [1.807, 2.05) is 13.0 Å². The number of benzene rings is 2. The number of hydrogen-bond donors (Lipinski definition) is 3. The first-order valence-corrected chi connectivity index (χ1v) is 8.50. The second-order valence-electron chi connectivity index (χ2n) is 6.16. The Morgan fingerprint density at radius 2 is 1.71 bits per heavy atom. The van der Waals surface area contributed by atoms with Crippen LogP contribution in [0, 0.1) is 6.92 Å². The summed E-state index contributed by atoms with van der Waals surface area (Å²) in [7, 11) is 0. The maximum Gasteiger partial charge on any atom is 0.328 e. The molecule has 8 heteroatoms. The first-order chi connectivity index (χ1) is 13.3. The van der Waals surface area contributed by atoms with E-state index in [9.17, 15) is 19.2 Å². The summed E-state index contributed by atoms with van der Waals surface area (Å²) in [5.41, 5.74) is 7.22. The Labute approximate surface area is 162 Å². The fraction of sp³-hybridized carbons (Fsp3) is 0.200. The van der Waals surface area contributed by atoms with Crippen molar-refractivity contribution in [2.24, 2.45) is 5.73 Å². The number of carbonyl (C=O) groups is 4. The molecule has 0 spiro atoms. The Hall–Kier alpha value is -3.68. The zero-order valence-corrected chi connectivity index (χ0v) is 15.5. The normalized spacial score (nSPS) is 11.2. The maximum atomic E-state index is 12.1. The molecule has 0 unspecified atom stereocenters. The van der Waals surface area contributed by atoms with Crippen molar-refractivity contribution >= 4 is 29.4 Å². The van der Waals surface area contributed by atoms with Gasteiger partial charge in [0.1, 0.15) is 6.04 Å². The number of carbonyl (C=O) groups excluding carboxylic acids is 4. The second-order valence-corrected chi connectivity index (χ2v) is 6.16. The summed E-state index contributed by atoms with van der Waals surface area (Å²) in [6.07, 6.45) is 0. The zero-order chi connectivity index (χ0) is 20.7. The van der Waals surface area contributed by atoms with Crippen LogP contribution in [0.25, 0.3) is 0 Å². The van der Waals surface area contributed by atoms with Gasteiger partial charge in [0.05, 0.1) is 0 Å². The Morgan fingerprint density at radius 1 is 1.04 bits per heavy atom. The van der Waals surface area contributed by atoms with Gasteiger partial charge in [-0.2, -0.15) is 0 Å². The van der Waals surface area contributed by atoms with E-state index < -0.39 is 36.3 Å². The number of anilines is 1. The SMILES string of the molecule is Cc1cccc(C(=O)N[C@@H](C)C(=O)OCC(=O)Nc2ccc(C(N)=O)cc2)c1. The number of hydrogen-bond acceptors (Lipinski definition) is 5. The van der Waals surface area contributed by atoms with Gasteiger partial charge in [-0.05, 0) is 50.2 Å². The molecule has 4 N–H and O–H groups in total. The van der Waals surface area contributed by atoms with Gasteiger partial charge in [0.2, 0.25) is 5.91 Å². The number of nitrogens with one attached hydrogen (secondary N) is 2. The summed E-state index contributed by atoms with van der Waals surface area (Å²) in [5, 5.41) is 5.04. The van der Waals surface area contributed by atoms with Crippen molar-refractivity contribution in [3.05, 3.63) is 65.2 Å². The van der Waals surface area contributed by atoms with Gasteiger partial charge in [0, 0.05) is 16.8 Å². The first kappa shape index (κ1) is 20.6. The molecule has 1 atom stereocenters. The molecule has 0 saturated heterocycles. The molecule has 0 aliphatic heterocycles. The molecule has 0 heterocycles. The van der Waals surface area contributed by atoms with Crippen LogP contribution < -0.4 is 16.4 Å². The number of rotatable bonds is 7. The van der Waals surface area contributed by atoms with E-state index in [4.69, 9.17) is 10.5 Å². The topological polar surface area (TPSA) is 128 Å². The van der Waals surface area contributed by atoms with Crippen molar-refractivity contribution in [2.75, 3.05) is 11.9 Å². The molecular weight excluding hydrogens is 362 g/mol. The van der Waals surface area contributed by atoms with Crippen molar-refractivity contribution < 1.29 is 23.9 Å². The van der Waals surface area contributed by atoms with Crippen LogP contribution in [0.3, 0.4) is 0 Å². The maximum absolute atomic E-state index is 12.1. The Morgan fingerprint density at radius 3 is 2.32 bits per heavy atom. The highest BCUT2D eigenvalue weighted by Crippen LogP contribution is 2.09. The van der Waals surface area contributed by atoms with Crippen LogP contribution in [0.5, 0.6) is 0 Å². The van der Waals surface area contributed by atoms with Gasteiger partial charge >= 0.3 is 5.97 Å². The predicted octanol–water partition coefficient (Wildman–Crippen LogP) is 1.39. The summed E-state index contributed by atoms with van der Waals surface area (Å²) in [6.45, 7) is 2.81. The first-order valence-electron chi connectivity index (χ1n) is 8.50. The molecule has 0 saturated carbocycles. The fourth-order valence-corrected chi connectivity index (χ4v) is 2.30. The highest BCUT2D eigenvalue weighted by atomic mass is 16.5. The van der Waals surface area contributed by atoms with Crippen molar-refractivity contribution in [2.45, 2.75) is 19.9 Å². The highest BCUT2D eigenvalue weighted by molar-refractivity contribution is 5.98. The molecule has 0 aliphatic carbocycles. The van der Waals surface area contributed by atoms with E-state index in [2.05, 4.69) is 10.6 Å². The monoisotopic (exact) mass is 383 g/mol. The van der Waals surface area contributed by atoms with Crippen LogP contribution in [0.4, 0.5) is 5.69 Å². The number of ether oxygens (including phenoxy) is 1. The van der Waals surface area contributed by atoms with Crippen molar-refractivity contribution in [1.29, 1.82) is 0 Å². The third kappa shape index (κ3) is 5.94. The lowest BCUT2D eigenvalue weighted by molar-refractivity contribution is -0.148. The molecular formula is C20H21N3O5. The van der Waals surface area contributed by atoms with Gasteiger partial charge in [-0.3, -0.25) is 14.4 Å². The van der Waals surface area contributed by atoms with E-state index in [1.54, 1.807) is 18.2 Å². The Kier molecular flexibility index (Phi) is 6.86. The smallest absolute Gasteiger partial charge is 0.328 e. The Balaban J connectivity index is 1.81. The van der Waals surface area contributed by atoms with Crippen LogP contribution in [0.2, 0.25) is 0 Å². The van der Waals surface area contributed by atoms with E-state index in [0.29, 0.717) is 16.8 Å². The van der Waals surface area contributed by atoms with Crippen molar-refractivity contribution in [3.8, 4) is 0 Å². The van der Waals surface area contributed by atoms with E-state index >= 15 is 0 Å². The summed E-state index contributed by atoms with van der Waals surface area (Å²) in [4.78, 5) is 47.0. The minimum atomic E-state index is -0.921. The molecule has 2 aromatic carbocycles. The molecule has 0 bridgehead atoms.